The van der Waals surface area contributed by atoms with E-state index in [1.165, 1.54) is 12.3 Å². The molecule has 1 aromatic heterocycles. The number of hydrogen-bond donors (Lipinski definition) is 2. The van der Waals surface area contributed by atoms with E-state index in [1.807, 2.05) is 11.8 Å². The molecule has 2 rings (SSSR count). The van der Waals surface area contributed by atoms with Gasteiger partial charge in [-0.3, -0.25) is 4.98 Å². The fourth-order valence-corrected chi connectivity index (χ4v) is 3.51. The number of nitrogens with one attached hydrogen (secondary N) is 2. The first-order valence-corrected chi connectivity index (χ1v) is 7.54. The van der Waals surface area contributed by atoms with Crippen LogP contribution in [0.5, 0.6) is 0 Å². The Labute approximate surface area is 116 Å². The zero-order chi connectivity index (χ0) is 13.7. The molecule has 0 aromatic carbocycles. The molecule has 0 bridgehead atoms. The zero-order valence-corrected chi connectivity index (χ0v) is 11.7. The molecule has 0 radical (unpaired) electrons. The standard InChI is InChI=1S/C13H18FN3OS/c1-2-19-12-5-3-4-11(12)17-13(18)16-10-6-7-15-8-9(10)14/h6-8,11-12H,2-5H2,1H3,(H2,15,16,17,18)/t11-,12+/m1/s1. The summed E-state index contributed by atoms with van der Waals surface area (Å²) >= 11 is 1.87. The molecule has 104 valence electrons. The van der Waals surface area contributed by atoms with Crippen molar-refractivity contribution in [1.29, 1.82) is 0 Å². The van der Waals surface area contributed by atoms with E-state index >= 15 is 0 Å². The number of thioether (sulfide) groups is 1. The lowest BCUT2D eigenvalue weighted by Gasteiger charge is -2.20. The molecule has 1 heterocycles. The average molecular weight is 283 g/mol. The molecule has 2 atom stereocenters. The van der Waals surface area contributed by atoms with Crippen LogP contribution in [0.2, 0.25) is 0 Å². The number of nitrogens with zero attached hydrogens (tertiary/aromatic N) is 1. The SMILES string of the molecule is CCS[C@H]1CCC[C@H]1NC(=O)Nc1ccncc1F. The highest BCUT2D eigenvalue weighted by Gasteiger charge is 2.28. The van der Waals surface area contributed by atoms with Crippen molar-refractivity contribution >= 4 is 23.5 Å². The van der Waals surface area contributed by atoms with Crippen LogP contribution in [-0.2, 0) is 0 Å². The molecule has 0 unspecified atom stereocenters. The van der Waals surface area contributed by atoms with Gasteiger partial charge in [0.2, 0.25) is 0 Å². The quantitative estimate of drug-likeness (QED) is 0.893. The van der Waals surface area contributed by atoms with Crippen LogP contribution in [0.15, 0.2) is 18.5 Å². The van der Waals surface area contributed by atoms with Gasteiger partial charge in [0.25, 0.3) is 0 Å². The largest absolute Gasteiger partial charge is 0.334 e. The second kappa shape index (κ2) is 6.75. The molecule has 2 amide bonds. The second-order valence-electron chi connectivity index (χ2n) is 4.49. The Morgan fingerprint density at radius 2 is 2.42 bits per heavy atom. The maximum absolute atomic E-state index is 13.4. The first kappa shape index (κ1) is 14.1. The van der Waals surface area contributed by atoms with Crippen molar-refractivity contribution in [3.63, 3.8) is 0 Å². The Bertz CT molecular complexity index is 444. The Kier molecular flexibility index (Phi) is 5.01. The molecule has 6 heteroatoms. The van der Waals surface area contributed by atoms with Crippen molar-refractivity contribution in [3.8, 4) is 0 Å². The zero-order valence-electron chi connectivity index (χ0n) is 10.9. The molecule has 0 spiro atoms. The second-order valence-corrected chi connectivity index (χ2v) is 6.00. The highest BCUT2D eigenvalue weighted by Crippen LogP contribution is 2.29. The fourth-order valence-electron chi connectivity index (χ4n) is 2.31. The lowest BCUT2D eigenvalue weighted by Crippen LogP contribution is -2.41. The Hall–Kier alpha value is -1.30. The summed E-state index contributed by atoms with van der Waals surface area (Å²) in [5.41, 5.74) is 0.158. The summed E-state index contributed by atoms with van der Waals surface area (Å²) in [6.45, 7) is 2.12. The summed E-state index contributed by atoms with van der Waals surface area (Å²) in [5.74, 6) is 0.521. The first-order valence-electron chi connectivity index (χ1n) is 6.49. The normalized spacial score (nSPS) is 22.2. The van der Waals surface area contributed by atoms with Crippen molar-refractivity contribution < 1.29 is 9.18 Å². The van der Waals surface area contributed by atoms with Gasteiger partial charge in [-0.2, -0.15) is 11.8 Å². The van der Waals surface area contributed by atoms with Gasteiger partial charge in [-0.05, 0) is 24.7 Å². The van der Waals surface area contributed by atoms with Crippen LogP contribution in [0.4, 0.5) is 14.9 Å². The van der Waals surface area contributed by atoms with Crippen LogP contribution in [0.25, 0.3) is 0 Å². The maximum Gasteiger partial charge on any atom is 0.319 e. The molecule has 1 saturated carbocycles. The molecule has 0 aliphatic heterocycles. The van der Waals surface area contributed by atoms with Gasteiger partial charge in [-0.25, -0.2) is 9.18 Å². The van der Waals surface area contributed by atoms with Crippen LogP contribution in [0.1, 0.15) is 26.2 Å². The van der Waals surface area contributed by atoms with Gasteiger partial charge < -0.3 is 10.6 Å². The summed E-state index contributed by atoms with van der Waals surface area (Å²) in [4.78, 5) is 15.5. The third-order valence-corrected chi connectivity index (χ3v) is 4.50. The van der Waals surface area contributed by atoms with Gasteiger partial charge in [-0.15, -0.1) is 0 Å². The van der Waals surface area contributed by atoms with Gasteiger partial charge in [0.05, 0.1) is 11.9 Å². The Morgan fingerprint density at radius 1 is 1.58 bits per heavy atom. The highest BCUT2D eigenvalue weighted by molar-refractivity contribution is 7.99. The predicted molar refractivity (Wildman–Crippen MR) is 75.9 cm³/mol. The fraction of sp³-hybridized carbons (Fsp3) is 0.538. The summed E-state index contributed by atoms with van der Waals surface area (Å²) in [7, 11) is 0. The maximum atomic E-state index is 13.4. The Morgan fingerprint density at radius 3 is 3.16 bits per heavy atom. The molecule has 1 fully saturated rings. The molecule has 1 aliphatic rings. The van der Waals surface area contributed by atoms with Gasteiger partial charge in [-0.1, -0.05) is 13.3 Å². The number of amides is 2. The predicted octanol–water partition coefficient (Wildman–Crippen LogP) is 3.02. The van der Waals surface area contributed by atoms with E-state index in [0.29, 0.717) is 5.25 Å². The first-order chi connectivity index (χ1) is 9.20. The molecule has 2 N–H and O–H groups in total. The number of halogens is 1. The molecule has 1 aliphatic carbocycles. The molecule has 19 heavy (non-hydrogen) atoms. The molecular weight excluding hydrogens is 265 g/mol. The van der Waals surface area contributed by atoms with Crippen molar-refractivity contribution in [1.82, 2.24) is 10.3 Å². The monoisotopic (exact) mass is 283 g/mol. The van der Waals surface area contributed by atoms with Crippen LogP contribution in [0, 0.1) is 5.82 Å². The number of carbonyl (C=O) groups is 1. The van der Waals surface area contributed by atoms with Crippen molar-refractivity contribution in [2.24, 2.45) is 0 Å². The summed E-state index contributed by atoms with van der Waals surface area (Å²) in [6.07, 6.45) is 5.79. The minimum Gasteiger partial charge on any atom is -0.334 e. The van der Waals surface area contributed by atoms with Gasteiger partial charge >= 0.3 is 6.03 Å². The molecular formula is C13H18FN3OS. The topological polar surface area (TPSA) is 54.0 Å². The summed E-state index contributed by atoms with van der Waals surface area (Å²) in [5, 5.41) is 5.93. The lowest BCUT2D eigenvalue weighted by atomic mass is 10.2. The number of rotatable bonds is 4. The van der Waals surface area contributed by atoms with Gasteiger partial charge in [0.15, 0.2) is 5.82 Å². The Balaban J connectivity index is 1.89. The van der Waals surface area contributed by atoms with Crippen LogP contribution >= 0.6 is 11.8 Å². The van der Waals surface area contributed by atoms with E-state index in [1.54, 1.807) is 0 Å². The smallest absolute Gasteiger partial charge is 0.319 e. The number of pyridine rings is 1. The average Bonchev–Trinajstić information content (AvgIpc) is 2.80. The minimum absolute atomic E-state index is 0.158. The molecule has 4 nitrogen and oxygen atoms in total. The number of carbonyl (C=O) groups excluding carboxylic acids is 1. The van der Waals surface area contributed by atoms with E-state index in [0.717, 1.165) is 31.2 Å². The van der Waals surface area contributed by atoms with Crippen LogP contribution in [0.3, 0.4) is 0 Å². The lowest BCUT2D eigenvalue weighted by molar-refractivity contribution is 0.248. The summed E-state index contributed by atoms with van der Waals surface area (Å²) < 4.78 is 13.4. The number of hydrogen-bond acceptors (Lipinski definition) is 3. The van der Waals surface area contributed by atoms with Gasteiger partial charge in [0, 0.05) is 17.5 Å². The van der Waals surface area contributed by atoms with Gasteiger partial charge in [0.1, 0.15) is 0 Å². The van der Waals surface area contributed by atoms with E-state index in [-0.39, 0.29) is 17.8 Å². The number of aromatic nitrogens is 1. The third-order valence-electron chi connectivity index (χ3n) is 3.17. The van der Waals surface area contributed by atoms with Crippen LogP contribution < -0.4 is 10.6 Å². The minimum atomic E-state index is -0.524. The van der Waals surface area contributed by atoms with E-state index < -0.39 is 5.82 Å². The molecule has 1 aromatic rings. The summed E-state index contributed by atoms with van der Waals surface area (Å²) in [6, 6.07) is 1.27. The van der Waals surface area contributed by atoms with Crippen molar-refractivity contribution in [2.45, 2.75) is 37.5 Å². The van der Waals surface area contributed by atoms with E-state index in [9.17, 15) is 9.18 Å². The van der Waals surface area contributed by atoms with E-state index in [2.05, 4.69) is 22.5 Å². The highest BCUT2D eigenvalue weighted by atomic mass is 32.2. The third kappa shape index (κ3) is 3.83. The van der Waals surface area contributed by atoms with E-state index in [4.69, 9.17) is 0 Å². The van der Waals surface area contributed by atoms with Crippen LogP contribution in [-0.4, -0.2) is 28.1 Å². The number of anilines is 1. The van der Waals surface area contributed by atoms with Crippen molar-refractivity contribution in [3.05, 3.63) is 24.3 Å². The van der Waals surface area contributed by atoms with Crippen molar-refractivity contribution in [2.75, 3.05) is 11.1 Å². The molecule has 0 saturated heterocycles. The number of urea groups is 1.